The minimum Gasteiger partial charge on any atom is -1.00 e. The fourth-order valence-electron chi connectivity index (χ4n) is 0.106. The zero-order valence-electron chi connectivity index (χ0n) is 8.29. The van der Waals surface area contributed by atoms with Gasteiger partial charge in [0.25, 0.3) is 0 Å². The Balaban J connectivity index is -0.0000000245. The van der Waals surface area contributed by atoms with Crippen molar-refractivity contribution in [1.29, 1.82) is 10.5 Å². The smallest absolute Gasteiger partial charge is 1.00 e. The van der Waals surface area contributed by atoms with Crippen LogP contribution in [0.15, 0.2) is 9.81 Å². The summed E-state index contributed by atoms with van der Waals surface area (Å²) in [6.07, 6.45) is 0. The number of thiol groups is 2. The standard InChI is InChI=1S/C4H2N2S2.2Na.H2O.2H/c5-1-3(7)4(8)2-6;;;;;/h7-8H;;;1H2;;/q;2*+1;;2*-1. The first kappa shape index (κ1) is 22.8. The molecule has 0 spiro atoms. The third-order valence-corrected chi connectivity index (χ3v) is 1.26. The average molecular weight is 208 g/mol. The summed E-state index contributed by atoms with van der Waals surface area (Å²) < 4.78 is 0. The molecule has 0 aliphatic rings. The Labute approximate surface area is 124 Å². The summed E-state index contributed by atoms with van der Waals surface area (Å²) in [5, 5.41) is 16.1. The Bertz CT molecular complexity index is 191. The molecule has 0 saturated heterocycles. The Morgan fingerprint density at radius 1 is 1.00 bits per heavy atom. The molecule has 0 saturated carbocycles. The van der Waals surface area contributed by atoms with Crippen LogP contribution in [0.25, 0.3) is 0 Å². The van der Waals surface area contributed by atoms with Gasteiger partial charge >= 0.3 is 59.1 Å². The van der Waals surface area contributed by atoms with Crippen molar-refractivity contribution >= 4 is 25.3 Å². The molecule has 0 amide bonds. The van der Waals surface area contributed by atoms with Crippen LogP contribution in [0.4, 0.5) is 0 Å². The van der Waals surface area contributed by atoms with Gasteiger partial charge in [0.15, 0.2) is 0 Å². The van der Waals surface area contributed by atoms with Crippen molar-refractivity contribution in [3.05, 3.63) is 9.81 Å². The maximum Gasteiger partial charge on any atom is 1.00 e. The van der Waals surface area contributed by atoms with E-state index in [0.717, 1.165) is 0 Å². The quantitative estimate of drug-likeness (QED) is 0.237. The van der Waals surface area contributed by atoms with E-state index in [1.807, 2.05) is 0 Å². The Hall–Kier alpha value is 1.38. The van der Waals surface area contributed by atoms with Crippen molar-refractivity contribution in [3.8, 4) is 12.1 Å². The van der Waals surface area contributed by atoms with Gasteiger partial charge in [-0.05, 0) is 0 Å². The molecule has 7 heteroatoms. The monoisotopic (exact) mass is 208 g/mol. The van der Waals surface area contributed by atoms with E-state index < -0.39 is 0 Å². The van der Waals surface area contributed by atoms with E-state index in [1.165, 1.54) is 0 Å². The van der Waals surface area contributed by atoms with Gasteiger partial charge in [-0.25, -0.2) is 0 Å². The van der Waals surface area contributed by atoms with Crippen LogP contribution >= 0.6 is 25.3 Å². The van der Waals surface area contributed by atoms with Gasteiger partial charge in [0.05, 0.1) is 0 Å². The molecule has 52 valence electrons. The average Bonchev–Trinajstić information content (AvgIpc) is 1.84. The molecule has 2 N–H and O–H groups in total. The molecule has 0 aromatic rings. The fourth-order valence-corrected chi connectivity index (χ4v) is 0.206. The predicted octanol–water partition coefficient (Wildman–Crippen LogP) is -5.49. The van der Waals surface area contributed by atoms with E-state index in [4.69, 9.17) is 10.5 Å². The van der Waals surface area contributed by atoms with E-state index in [9.17, 15) is 0 Å². The maximum atomic E-state index is 8.05. The Morgan fingerprint density at radius 2 is 1.18 bits per heavy atom. The molecule has 0 aliphatic heterocycles. The summed E-state index contributed by atoms with van der Waals surface area (Å²) in [4.78, 5) is 0.103. The summed E-state index contributed by atoms with van der Waals surface area (Å²) in [5.74, 6) is 0. The largest absolute Gasteiger partial charge is 1.00 e. The van der Waals surface area contributed by atoms with Crippen LogP contribution in [-0.4, -0.2) is 5.48 Å². The van der Waals surface area contributed by atoms with Gasteiger partial charge in [-0.1, -0.05) is 0 Å². The van der Waals surface area contributed by atoms with E-state index in [2.05, 4.69) is 25.3 Å². The van der Waals surface area contributed by atoms with Crippen LogP contribution in [0.3, 0.4) is 0 Å². The molecule has 11 heavy (non-hydrogen) atoms. The third-order valence-electron chi connectivity index (χ3n) is 0.436. The zero-order chi connectivity index (χ0) is 6.57. The number of nitriles is 2. The van der Waals surface area contributed by atoms with E-state index in [-0.39, 0.29) is 77.3 Å². The molecule has 0 fully saturated rings. The molecule has 0 unspecified atom stereocenters. The molecule has 0 rings (SSSR count). The second-order valence-electron chi connectivity index (χ2n) is 0.921. The first-order valence-corrected chi connectivity index (χ1v) is 2.54. The van der Waals surface area contributed by atoms with Gasteiger partial charge < -0.3 is 8.33 Å². The number of hydrogen-bond donors (Lipinski definition) is 2. The summed E-state index contributed by atoms with van der Waals surface area (Å²) in [7, 11) is 0. The second kappa shape index (κ2) is 13.9. The summed E-state index contributed by atoms with van der Waals surface area (Å²) in [5.41, 5.74) is 0. The number of hydrogen-bond acceptors (Lipinski definition) is 4. The zero-order valence-corrected chi connectivity index (χ0v) is 12.1. The van der Waals surface area contributed by atoms with Crippen LogP contribution in [-0.2, 0) is 0 Å². The molecular weight excluding hydrogens is 202 g/mol. The van der Waals surface area contributed by atoms with Crippen molar-refractivity contribution < 1.29 is 67.4 Å². The molecule has 0 heterocycles. The van der Waals surface area contributed by atoms with Crippen LogP contribution in [0.5, 0.6) is 0 Å². The van der Waals surface area contributed by atoms with E-state index in [1.54, 1.807) is 12.1 Å². The van der Waals surface area contributed by atoms with Crippen LogP contribution in [0, 0.1) is 22.7 Å². The normalized spacial score (nSPS) is 8.00. The van der Waals surface area contributed by atoms with Crippen LogP contribution in [0.2, 0.25) is 0 Å². The summed E-state index contributed by atoms with van der Waals surface area (Å²) >= 11 is 7.25. The topological polar surface area (TPSA) is 79.1 Å². The van der Waals surface area contributed by atoms with Gasteiger partial charge in [-0.3, -0.25) is 0 Å². The first-order chi connectivity index (χ1) is 3.72. The van der Waals surface area contributed by atoms with Gasteiger partial charge in [0.2, 0.25) is 0 Å². The van der Waals surface area contributed by atoms with Crippen molar-refractivity contribution in [2.24, 2.45) is 0 Å². The minimum atomic E-state index is 0. The van der Waals surface area contributed by atoms with E-state index in [0.29, 0.717) is 0 Å². The molecule has 0 atom stereocenters. The van der Waals surface area contributed by atoms with Gasteiger partial charge in [-0.15, -0.1) is 25.3 Å². The molecule has 0 aliphatic carbocycles. The maximum absolute atomic E-state index is 8.05. The molecular formula is C4H6N2Na2OS2. The summed E-state index contributed by atoms with van der Waals surface area (Å²) in [6, 6.07) is 3.32. The molecule has 0 radical (unpaired) electrons. The molecule has 3 nitrogen and oxygen atoms in total. The van der Waals surface area contributed by atoms with E-state index >= 15 is 0 Å². The molecule has 0 aromatic carbocycles. The van der Waals surface area contributed by atoms with Crippen molar-refractivity contribution in [1.82, 2.24) is 0 Å². The summed E-state index contributed by atoms with van der Waals surface area (Å²) in [6.45, 7) is 0. The van der Waals surface area contributed by atoms with Crippen molar-refractivity contribution in [3.63, 3.8) is 0 Å². The number of rotatable bonds is 0. The van der Waals surface area contributed by atoms with Gasteiger partial charge in [-0.2, -0.15) is 10.5 Å². The fraction of sp³-hybridized carbons (Fsp3) is 0. The number of nitrogens with zero attached hydrogens (tertiary/aromatic N) is 2. The Kier molecular flexibility index (Phi) is 28.9. The minimum absolute atomic E-state index is 0. The predicted molar refractivity (Wildman–Crippen MR) is 42.1 cm³/mol. The third kappa shape index (κ3) is 11.4. The van der Waals surface area contributed by atoms with Crippen molar-refractivity contribution in [2.75, 3.05) is 0 Å². The SMILES string of the molecule is N#CC(S)=C(S)C#N.O.[H-].[H-].[Na+].[Na+]. The van der Waals surface area contributed by atoms with Crippen LogP contribution in [0.1, 0.15) is 2.85 Å². The van der Waals surface area contributed by atoms with Gasteiger partial charge in [0.1, 0.15) is 21.9 Å². The molecule has 0 aromatic heterocycles. The number of allylic oxidation sites excluding steroid dienone is 2. The first-order valence-electron chi connectivity index (χ1n) is 1.64. The second-order valence-corrected chi connectivity index (χ2v) is 1.82. The Morgan fingerprint density at radius 3 is 1.27 bits per heavy atom. The van der Waals surface area contributed by atoms with Crippen LogP contribution < -0.4 is 59.1 Å². The van der Waals surface area contributed by atoms with Crippen molar-refractivity contribution in [2.45, 2.75) is 0 Å². The molecule has 0 bridgehead atoms. The van der Waals surface area contributed by atoms with Gasteiger partial charge in [0, 0.05) is 0 Å².